The van der Waals surface area contributed by atoms with Gasteiger partial charge in [-0.1, -0.05) is 39.0 Å². The quantitative estimate of drug-likeness (QED) is 0.405. The van der Waals surface area contributed by atoms with Gasteiger partial charge in [-0.25, -0.2) is 0 Å². The first-order valence-electron chi connectivity index (χ1n) is 8.11. The van der Waals surface area contributed by atoms with E-state index in [4.69, 9.17) is 0 Å². The molecule has 0 spiro atoms. The molecule has 3 heteroatoms. The number of hydrogen-bond donors (Lipinski definition) is 1. The molecule has 0 aromatic heterocycles. The zero-order chi connectivity index (χ0) is 14.5. The smallest absolute Gasteiger partial charge is 0.0194 e. The van der Waals surface area contributed by atoms with Crippen molar-refractivity contribution in [2.24, 2.45) is 0 Å². The number of hydrogen-bond acceptors (Lipinski definition) is 3. The van der Waals surface area contributed by atoms with Gasteiger partial charge in [0.05, 0.1) is 0 Å². The van der Waals surface area contributed by atoms with E-state index in [0.717, 1.165) is 12.3 Å². The summed E-state index contributed by atoms with van der Waals surface area (Å²) in [6, 6.07) is 0.676. The SMILES string of the molecule is CCN(CCCCCCCCCS)C(C)CN(C)C. The Morgan fingerprint density at radius 3 is 1.89 bits per heavy atom. The molecule has 0 saturated carbocycles. The Labute approximate surface area is 127 Å². The van der Waals surface area contributed by atoms with Crippen LogP contribution in [0.15, 0.2) is 0 Å². The zero-order valence-corrected chi connectivity index (χ0v) is 14.6. The highest BCUT2D eigenvalue weighted by Gasteiger charge is 2.11. The molecule has 0 N–H and O–H groups in total. The molecule has 2 nitrogen and oxygen atoms in total. The highest BCUT2D eigenvalue weighted by molar-refractivity contribution is 7.80. The standard InChI is InChI=1S/C16H36N2S/c1-5-18(16(2)15-17(3)4)13-11-9-7-6-8-10-12-14-19/h16,19H,5-15H2,1-4H3. The van der Waals surface area contributed by atoms with Crippen molar-refractivity contribution in [2.45, 2.75) is 64.8 Å². The number of thiol groups is 1. The molecule has 0 aromatic carbocycles. The molecule has 0 amide bonds. The van der Waals surface area contributed by atoms with Gasteiger partial charge < -0.3 is 4.90 Å². The van der Waals surface area contributed by atoms with Gasteiger partial charge in [0.2, 0.25) is 0 Å². The van der Waals surface area contributed by atoms with Crippen LogP contribution in [-0.4, -0.2) is 55.3 Å². The van der Waals surface area contributed by atoms with Crippen LogP contribution in [0.25, 0.3) is 0 Å². The number of likely N-dealkylation sites (N-methyl/N-ethyl adjacent to an activating group) is 2. The molecule has 19 heavy (non-hydrogen) atoms. The normalized spacial score (nSPS) is 13.4. The first-order chi connectivity index (χ1) is 9.11. The van der Waals surface area contributed by atoms with Gasteiger partial charge in [-0.2, -0.15) is 12.6 Å². The number of nitrogens with zero attached hydrogens (tertiary/aromatic N) is 2. The lowest BCUT2D eigenvalue weighted by Crippen LogP contribution is -2.40. The van der Waals surface area contributed by atoms with Crippen LogP contribution in [-0.2, 0) is 0 Å². The Bertz CT molecular complexity index is 186. The van der Waals surface area contributed by atoms with Gasteiger partial charge >= 0.3 is 0 Å². The molecule has 0 bridgehead atoms. The van der Waals surface area contributed by atoms with Crippen molar-refractivity contribution in [3.8, 4) is 0 Å². The molecular formula is C16H36N2S. The van der Waals surface area contributed by atoms with E-state index in [1.54, 1.807) is 0 Å². The summed E-state index contributed by atoms with van der Waals surface area (Å²) in [5.74, 6) is 1.05. The van der Waals surface area contributed by atoms with Gasteiger partial charge in [-0.05, 0) is 52.7 Å². The van der Waals surface area contributed by atoms with Crippen molar-refractivity contribution >= 4 is 12.6 Å². The second kappa shape index (κ2) is 13.3. The molecule has 1 atom stereocenters. The molecular weight excluding hydrogens is 252 g/mol. The van der Waals surface area contributed by atoms with Crippen molar-refractivity contribution in [3.63, 3.8) is 0 Å². The Morgan fingerprint density at radius 1 is 0.895 bits per heavy atom. The van der Waals surface area contributed by atoms with Gasteiger partial charge in [-0.15, -0.1) is 0 Å². The van der Waals surface area contributed by atoms with E-state index in [-0.39, 0.29) is 0 Å². The third kappa shape index (κ3) is 11.8. The Balaban J connectivity index is 3.50. The van der Waals surface area contributed by atoms with E-state index in [2.05, 4.69) is 50.4 Å². The minimum atomic E-state index is 0.676. The molecule has 0 aliphatic rings. The fourth-order valence-corrected chi connectivity index (χ4v) is 2.87. The lowest BCUT2D eigenvalue weighted by atomic mass is 10.1. The maximum atomic E-state index is 4.25. The third-order valence-electron chi connectivity index (χ3n) is 3.76. The summed E-state index contributed by atoms with van der Waals surface area (Å²) in [5.41, 5.74) is 0. The van der Waals surface area contributed by atoms with E-state index >= 15 is 0 Å². The van der Waals surface area contributed by atoms with Gasteiger partial charge in [0.1, 0.15) is 0 Å². The summed E-state index contributed by atoms with van der Waals surface area (Å²) in [4.78, 5) is 4.90. The van der Waals surface area contributed by atoms with Crippen LogP contribution in [0.3, 0.4) is 0 Å². The van der Waals surface area contributed by atoms with E-state index in [9.17, 15) is 0 Å². The second-order valence-corrected chi connectivity index (χ2v) is 6.39. The van der Waals surface area contributed by atoms with Crippen LogP contribution < -0.4 is 0 Å². The summed E-state index contributed by atoms with van der Waals surface area (Å²) in [6.07, 6.45) is 9.62. The average Bonchev–Trinajstić information content (AvgIpc) is 2.36. The lowest BCUT2D eigenvalue weighted by Gasteiger charge is -2.29. The molecule has 0 aromatic rings. The van der Waals surface area contributed by atoms with E-state index in [1.807, 2.05) is 0 Å². The minimum absolute atomic E-state index is 0.676. The second-order valence-electron chi connectivity index (χ2n) is 5.94. The van der Waals surface area contributed by atoms with Crippen LogP contribution in [0.2, 0.25) is 0 Å². The Kier molecular flexibility index (Phi) is 13.5. The molecule has 0 saturated heterocycles. The number of unbranched alkanes of at least 4 members (excludes halogenated alkanes) is 6. The summed E-state index contributed by atoms with van der Waals surface area (Å²) >= 11 is 4.25. The fraction of sp³-hybridized carbons (Fsp3) is 1.00. The van der Waals surface area contributed by atoms with Crippen LogP contribution in [0.1, 0.15) is 58.8 Å². The molecule has 0 heterocycles. The van der Waals surface area contributed by atoms with Gasteiger partial charge in [0.25, 0.3) is 0 Å². The van der Waals surface area contributed by atoms with Gasteiger partial charge in [0, 0.05) is 12.6 Å². The zero-order valence-electron chi connectivity index (χ0n) is 13.7. The van der Waals surface area contributed by atoms with Crippen LogP contribution in [0.5, 0.6) is 0 Å². The molecule has 0 radical (unpaired) electrons. The lowest BCUT2D eigenvalue weighted by molar-refractivity contribution is 0.178. The van der Waals surface area contributed by atoms with Gasteiger partial charge in [0.15, 0.2) is 0 Å². The first-order valence-corrected chi connectivity index (χ1v) is 8.74. The van der Waals surface area contributed by atoms with Crippen molar-refractivity contribution in [3.05, 3.63) is 0 Å². The summed E-state index contributed by atoms with van der Waals surface area (Å²) in [5, 5.41) is 0. The van der Waals surface area contributed by atoms with E-state index < -0.39 is 0 Å². The molecule has 0 rings (SSSR count). The average molecular weight is 289 g/mol. The number of rotatable bonds is 13. The third-order valence-corrected chi connectivity index (χ3v) is 4.08. The van der Waals surface area contributed by atoms with Crippen LogP contribution in [0.4, 0.5) is 0 Å². The highest BCUT2D eigenvalue weighted by Crippen LogP contribution is 2.09. The minimum Gasteiger partial charge on any atom is -0.308 e. The molecule has 1 unspecified atom stereocenters. The maximum absolute atomic E-state index is 4.25. The highest BCUT2D eigenvalue weighted by atomic mass is 32.1. The monoisotopic (exact) mass is 288 g/mol. The molecule has 0 aliphatic heterocycles. The summed E-state index contributed by atoms with van der Waals surface area (Å²) in [6.45, 7) is 8.24. The molecule has 116 valence electrons. The van der Waals surface area contributed by atoms with E-state index in [1.165, 1.54) is 58.0 Å². The predicted molar refractivity (Wildman–Crippen MR) is 91.4 cm³/mol. The van der Waals surface area contributed by atoms with Crippen molar-refractivity contribution in [1.82, 2.24) is 9.80 Å². The topological polar surface area (TPSA) is 6.48 Å². The van der Waals surface area contributed by atoms with Crippen LogP contribution >= 0.6 is 12.6 Å². The summed E-state index contributed by atoms with van der Waals surface area (Å²) in [7, 11) is 4.32. The van der Waals surface area contributed by atoms with Crippen LogP contribution in [0, 0.1) is 0 Å². The van der Waals surface area contributed by atoms with Gasteiger partial charge in [-0.3, -0.25) is 4.90 Å². The Hall–Kier alpha value is 0.270. The van der Waals surface area contributed by atoms with Crippen molar-refractivity contribution in [1.29, 1.82) is 0 Å². The molecule has 0 fully saturated rings. The first kappa shape index (κ1) is 19.3. The molecule has 0 aliphatic carbocycles. The summed E-state index contributed by atoms with van der Waals surface area (Å²) < 4.78 is 0. The fourth-order valence-electron chi connectivity index (χ4n) is 2.64. The largest absolute Gasteiger partial charge is 0.308 e. The maximum Gasteiger partial charge on any atom is 0.0194 e. The Morgan fingerprint density at radius 2 is 1.42 bits per heavy atom. The van der Waals surface area contributed by atoms with Crippen molar-refractivity contribution < 1.29 is 0 Å². The van der Waals surface area contributed by atoms with E-state index in [0.29, 0.717) is 6.04 Å². The van der Waals surface area contributed by atoms with Crippen molar-refractivity contribution in [2.75, 3.05) is 39.5 Å². The predicted octanol–water partition coefficient (Wildman–Crippen LogP) is 3.92.